The van der Waals surface area contributed by atoms with Gasteiger partial charge in [0.1, 0.15) is 0 Å². The Morgan fingerprint density at radius 2 is 0.328 bits per heavy atom. The lowest BCUT2D eigenvalue weighted by molar-refractivity contribution is 0.656. The minimum absolute atomic E-state index is 0.0744. The smallest absolute Gasteiger partial charge is 0.0159 e. The second-order valence-corrected chi connectivity index (χ2v) is 22.2. The van der Waals surface area contributed by atoms with Gasteiger partial charge in [0.05, 0.1) is 0 Å². The van der Waals surface area contributed by atoms with E-state index in [9.17, 15) is 0 Å². The van der Waals surface area contributed by atoms with Crippen molar-refractivity contribution in [2.24, 2.45) is 0 Å². The van der Waals surface area contributed by atoms with Crippen LogP contribution in [-0.4, -0.2) is 0 Å². The third-order valence-electron chi connectivity index (χ3n) is 16.9. The van der Waals surface area contributed by atoms with Crippen molar-refractivity contribution < 1.29 is 0 Å². The number of hydrogen-bond acceptors (Lipinski definition) is 0. The molecule has 0 spiro atoms. The lowest BCUT2D eigenvalue weighted by Gasteiger charge is -2.24. The summed E-state index contributed by atoms with van der Waals surface area (Å²) in [5, 5.41) is 0. The number of benzene rings is 8. The third kappa shape index (κ3) is 5.29. The van der Waals surface area contributed by atoms with Crippen molar-refractivity contribution in [3.05, 3.63) is 235 Å². The Kier molecular flexibility index (Phi) is 7.60. The van der Waals surface area contributed by atoms with Crippen LogP contribution < -0.4 is 0 Å². The standard InChI is InChI=1S/C64H56/c1-61(2)53-29-37-9-17-45(53)46-18-10-38(30-54(46)61)26-40-12-20-48-50-22-14-42(34-58(50)63(5,6)56(48)32-40)28-44-16-24-52-51-23-15-43(35-59(51)64(7,8)60(52)36-44)27-41-13-21-49-47-19-11-39(25-37)31-55(47)62(3,4)57(49)33-41/h9-24,29-36H,25-28H2,1-8H3. The number of fused-ring (bicyclic) bond motifs is 12. The van der Waals surface area contributed by atoms with Crippen LogP contribution in [0.25, 0.3) is 44.5 Å². The van der Waals surface area contributed by atoms with E-state index in [-0.39, 0.29) is 21.7 Å². The molecule has 8 aromatic rings. The molecular formula is C64H56. The molecule has 312 valence electrons. The summed E-state index contributed by atoms with van der Waals surface area (Å²) in [5.41, 5.74) is 33.5. The monoisotopic (exact) mass is 824 g/mol. The van der Waals surface area contributed by atoms with E-state index >= 15 is 0 Å². The van der Waals surface area contributed by atoms with Gasteiger partial charge in [-0.2, -0.15) is 0 Å². The van der Waals surface area contributed by atoms with E-state index in [1.54, 1.807) is 0 Å². The van der Waals surface area contributed by atoms with Crippen molar-refractivity contribution in [1.82, 2.24) is 0 Å². The summed E-state index contributed by atoms with van der Waals surface area (Å²) in [6.07, 6.45) is 3.70. The number of hydrogen-bond donors (Lipinski definition) is 0. The average molecular weight is 825 g/mol. The van der Waals surface area contributed by atoms with Gasteiger partial charge in [-0.1, -0.05) is 201 Å². The van der Waals surface area contributed by atoms with Crippen molar-refractivity contribution in [1.29, 1.82) is 0 Å². The third-order valence-corrected chi connectivity index (χ3v) is 16.9. The molecule has 0 atom stereocenters. The van der Waals surface area contributed by atoms with Gasteiger partial charge < -0.3 is 0 Å². The zero-order valence-corrected chi connectivity index (χ0v) is 38.7. The van der Waals surface area contributed by atoms with Crippen LogP contribution in [-0.2, 0) is 47.3 Å². The van der Waals surface area contributed by atoms with Crippen LogP contribution in [0.4, 0.5) is 0 Å². The van der Waals surface area contributed by atoms with Crippen LogP contribution >= 0.6 is 0 Å². The maximum absolute atomic E-state index is 2.51. The average Bonchev–Trinajstić information content (AvgIpc) is 3.82. The highest BCUT2D eigenvalue weighted by Crippen LogP contribution is 2.54. The van der Waals surface area contributed by atoms with Gasteiger partial charge in [-0.05, 0) is 159 Å². The highest BCUT2D eigenvalue weighted by Gasteiger charge is 2.40. The second kappa shape index (κ2) is 12.7. The Bertz CT molecular complexity index is 2710. The molecule has 0 unspecified atom stereocenters. The summed E-state index contributed by atoms with van der Waals surface area (Å²) in [5.74, 6) is 0. The highest BCUT2D eigenvalue weighted by molar-refractivity contribution is 5.85. The normalized spacial score (nSPS) is 17.6. The molecule has 0 heteroatoms. The summed E-state index contributed by atoms with van der Waals surface area (Å²) in [6, 6.07) is 58.4. The first-order valence-electron chi connectivity index (χ1n) is 23.7. The van der Waals surface area contributed by atoms with E-state index in [0.29, 0.717) is 0 Å². The van der Waals surface area contributed by atoms with Gasteiger partial charge in [-0.15, -0.1) is 0 Å². The molecule has 5 aliphatic rings. The van der Waals surface area contributed by atoms with E-state index in [2.05, 4.69) is 201 Å². The quantitative estimate of drug-likeness (QED) is 0.143. The maximum Gasteiger partial charge on any atom is 0.0159 e. The topological polar surface area (TPSA) is 0 Å². The molecule has 13 rings (SSSR count). The lowest BCUT2D eigenvalue weighted by Crippen LogP contribution is -2.16. The van der Waals surface area contributed by atoms with Crippen LogP contribution in [0.3, 0.4) is 0 Å². The van der Waals surface area contributed by atoms with E-state index in [1.165, 1.54) is 134 Å². The molecule has 16 bridgehead atoms. The van der Waals surface area contributed by atoms with Gasteiger partial charge >= 0.3 is 0 Å². The summed E-state index contributed by atoms with van der Waals surface area (Å²) in [4.78, 5) is 0. The Labute approximate surface area is 380 Å². The van der Waals surface area contributed by atoms with E-state index < -0.39 is 0 Å². The molecule has 0 aliphatic heterocycles. The molecule has 0 fully saturated rings. The van der Waals surface area contributed by atoms with Gasteiger partial charge in [0, 0.05) is 21.7 Å². The molecule has 0 N–H and O–H groups in total. The summed E-state index contributed by atoms with van der Waals surface area (Å²) in [6.45, 7) is 19.4. The molecule has 0 saturated heterocycles. The first kappa shape index (κ1) is 38.2. The zero-order chi connectivity index (χ0) is 43.7. The van der Waals surface area contributed by atoms with Crippen LogP contribution in [0, 0.1) is 0 Å². The fraction of sp³-hybridized carbons (Fsp3) is 0.250. The predicted octanol–water partition coefficient (Wildman–Crippen LogP) is 15.6. The zero-order valence-electron chi connectivity index (χ0n) is 38.7. The highest BCUT2D eigenvalue weighted by atomic mass is 14.4. The molecule has 0 heterocycles. The first-order valence-corrected chi connectivity index (χ1v) is 23.7. The number of rotatable bonds is 0. The van der Waals surface area contributed by atoms with Crippen LogP contribution in [0.5, 0.6) is 0 Å². The Hall–Kier alpha value is -6.24. The maximum atomic E-state index is 2.51. The minimum Gasteiger partial charge on any atom is -0.0581 e. The summed E-state index contributed by atoms with van der Waals surface area (Å²) >= 11 is 0. The van der Waals surface area contributed by atoms with E-state index in [1.807, 2.05) is 0 Å². The molecule has 5 aliphatic carbocycles. The molecule has 64 heavy (non-hydrogen) atoms. The van der Waals surface area contributed by atoms with Gasteiger partial charge in [0.15, 0.2) is 0 Å². The van der Waals surface area contributed by atoms with Crippen molar-refractivity contribution in [2.45, 2.75) is 103 Å². The predicted molar refractivity (Wildman–Crippen MR) is 267 cm³/mol. The largest absolute Gasteiger partial charge is 0.0581 e. The van der Waals surface area contributed by atoms with Gasteiger partial charge in [-0.3, -0.25) is 0 Å². The van der Waals surface area contributed by atoms with Crippen molar-refractivity contribution >= 4 is 0 Å². The van der Waals surface area contributed by atoms with E-state index in [0.717, 1.165) is 25.7 Å². The molecule has 0 saturated carbocycles. The molecular weight excluding hydrogens is 769 g/mol. The molecule has 0 amide bonds. The first-order chi connectivity index (χ1) is 30.6. The second-order valence-electron chi connectivity index (χ2n) is 22.2. The van der Waals surface area contributed by atoms with Crippen LogP contribution in [0.15, 0.2) is 146 Å². The van der Waals surface area contributed by atoms with Crippen LogP contribution in [0.2, 0.25) is 0 Å². The lowest BCUT2D eigenvalue weighted by atomic mass is 9.79. The SMILES string of the molecule is CC1(C)c2cc3ccc2-c2ccc(cc21)Cc1ccc2c(c1)C(C)(C)c1cc(ccc1-2)Cc1ccc2c(c1)C(C)(C)c1cc(ccc1-2)Cc1ccc2c(c1)C(C)(C)c1cc(ccc1-2)C3. The minimum atomic E-state index is -0.0744. The molecule has 0 radical (unpaired) electrons. The van der Waals surface area contributed by atoms with Crippen LogP contribution in [0.1, 0.15) is 144 Å². The van der Waals surface area contributed by atoms with Crippen molar-refractivity contribution in [2.75, 3.05) is 0 Å². The molecule has 8 aromatic carbocycles. The Morgan fingerprint density at radius 3 is 0.453 bits per heavy atom. The van der Waals surface area contributed by atoms with Gasteiger partial charge in [0.25, 0.3) is 0 Å². The van der Waals surface area contributed by atoms with E-state index in [4.69, 9.17) is 0 Å². The fourth-order valence-corrected chi connectivity index (χ4v) is 13.1. The Morgan fingerprint density at radius 1 is 0.203 bits per heavy atom. The fourth-order valence-electron chi connectivity index (χ4n) is 13.1. The van der Waals surface area contributed by atoms with Crippen molar-refractivity contribution in [3.63, 3.8) is 0 Å². The van der Waals surface area contributed by atoms with Crippen molar-refractivity contribution in [3.8, 4) is 44.5 Å². The summed E-state index contributed by atoms with van der Waals surface area (Å²) < 4.78 is 0. The molecule has 0 nitrogen and oxygen atoms in total. The summed E-state index contributed by atoms with van der Waals surface area (Å²) in [7, 11) is 0. The Balaban J connectivity index is 0.921. The molecule has 0 aromatic heterocycles. The van der Waals surface area contributed by atoms with Gasteiger partial charge in [0.2, 0.25) is 0 Å². The van der Waals surface area contributed by atoms with Gasteiger partial charge in [-0.25, -0.2) is 0 Å².